The van der Waals surface area contributed by atoms with Gasteiger partial charge in [-0.25, -0.2) is 9.48 Å². The van der Waals surface area contributed by atoms with E-state index in [1.165, 1.54) is 44.2 Å². The fraction of sp³-hybridized carbons (Fsp3) is 0.609. The summed E-state index contributed by atoms with van der Waals surface area (Å²) in [6, 6.07) is 3.32. The van der Waals surface area contributed by atoms with Crippen LogP contribution in [-0.2, 0) is 22.1 Å². The van der Waals surface area contributed by atoms with E-state index in [9.17, 15) is 18.0 Å². The van der Waals surface area contributed by atoms with E-state index in [-0.39, 0.29) is 30.5 Å². The minimum Gasteiger partial charge on any atom is -0.371 e. The van der Waals surface area contributed by atoms with Gasteiger partial charge in [0.25, 0.3) is 0 Å². The van der Waals surface area contributed by atoms with Crippen LogP contribution in [0.15, 0.2) is 30.5 Å². The highest BCUT2D eigenvalue weighted by Crippen LogP contribution is 2.35. The number of amides is 2. The van der Waals surface area contributed by atoms with Gasteiger partial charge < -0.3 is 20.1 Å². The summed E-state index contributed by atoms with van der Waals surface area (Å²) in [5, 5.41) is 13.9. The molecular weight excluding hydrogens is 451 g/mol. The Morgan fingerprint density at radius 2 is 1.91 bits per heavy atom. The first kappa shape index (κ1) is 23.1. The monoisotopic (exact) mass is 479 g/mol. The lowest BCUT2D eigenvalue weighted by Crippen LogP contribution is -2.45. The Kier molecular flexibility index (Phi) is 6.48. The van der Waals surface area contributed by atoms with Crippen molar-refractivity contribution in [3.05, 3.63) is 41.7 Å². The molecule has 34 heavy (non-hydrogen) atoms. The highest BCUT2D eigenvalue weighted by Gasteiger charge is 2.49. The van der Waals surface area contributed by atoms with E-state index in [1.807, 2.05) is 6.20 Å². The molecule has 3 heterocycles. The number of fused-ring (bicyclic) bond motifs is 1. The van der Waals surface area contributed by atoms with Gasteiger partial charge in [-0.05, 0) is 30.5 Å². The molecule has 2 amide bonds. The van der Waals surface area contributed by atoms with Gasteiger partial charge in [0.15, 0.2) is 0 Å². The number of anilines is 1. The number of carbonyl (C=O) groups is 1. The molecule has 1 aliphatic carbocycles. The van der Waals surface area contributed by atoms with E-state index < -0.39 is 23.8 Å². The average molecular weight is 480 g/mol. The number of nitrogens with zero attached hydrogens (tertiary/aromatic N) is 3. The highest BCUT2D eigenvalue weighted by molar-refractivity contribution is 5.89. The third-order valence-electron chi connectivity index (χ3n) is 6.91. The molecule has 184 valence electrons. The van der Waals surface area contributed by atoms with E-state index in [4.69, 9.17) is 9.47 Å². The van der Waals surface area contributed by atoms with Crippen LogP contribution in [-0.4, -0.2) is 52.5 Å². The molecular formula is C23H28F3N5O3. The summed E-state index contributed by atoms with van der Waals surface area (Å²) in [5.41, 5.74) is 0.205. The van der Waals surface area contributed by atoms with E-state index in [0.717, 1.165) is 24.2 Å². The predicted octanol–water partition coefficient (Wildman–Crippen LogP) is 3.95. The number of alkyl halides is 3. The summed E-state index contributed by atoms with van der Waals surface area (Å²) in [6.07, 6.45) is 4.11. The van der Waals surface area contributed by atoms with Gasteiger partial charge >= 0.3 is 12.2 Å². The summed E-state index contributed by atoms with van der Waals surface area (Å²) in [7, 11) is 0. The topological polar surface area (TPSA) is 90.3 Å². The standard InChI is InChI=1S/C23H28F3N5O3/c24-23(25,26)15-7-4-8-16(10-15)27-22(32)28-18-12-33-21-19(13-34-20(18)21)31-11-17(29-30-31)9-14-5-2-1-3-6-14/h4,7-8,10-11,14,18-21H,1-3,5-6,9,12-13H2,(H2,27,28,32). The third kappa shape index (κ3) is 5.05. The number of rotatable bonds is 5. The van der Waals surface area contributed by atoms with Crippen LogP contribution in [0, 0.1) is 5.92 Å². The molecule has 8 nitrogen and oxygen atoms in total. The zero-order chi connectivity index (χ0) is 23.7. The molecule has 0 spiro atoms. The van der Waals surface area contributed by atoms with Crippen molar-refractivity contribution in [3.8, 4) is 0 Å². The van der Waals surface area contributed by atoms with Crippen LogP contribution in [0.2, 0.25) is 0 Å². The van der Waals surface area contributed by atoms with Crippen molar-refractivity contribution in [1.82, 2.24) is 20.3 Å². The maximum atomic E-state index is 12.9. The number of urea groups is 1. The molecule has 0 bridgehead atoms. The summed E-state index contributed by atoms with van der Waals surface area (Å²) >= 11 is 0. The lowest BCUT2D eigenvalue weighted by Gasteiger charge is -2.20. The fourth-order valence-corrected chi connectivity index (χ4v) is 5.19. The largest absolute Gasteiger partial charge is 0.416 e. The van der Waals surface area contributed by atoms with Crippen molar-refractivity contribution < 1.29 is 27.4 Å². The van der Waals surface area contributed by atoms with Crippen molar-refractivity contribution in [3.63, 3.8) is 0 Å². The predicted molar refractivity (Wildman–Crippen MR) is 116 cm³/mol. The highest BCUT2D eigenvalue weighted by atomic mass is 19.4. The second-order valence-electron chi connectivity index (χ2n) is 9.34. The zero-order valence-electron chi connectivity index (χ0n) is 18.6. The second kappa shape index (κ2) is 9.53. The normalized spacial score (nSPS) is 27.5. The number of halogens is 3. The number of benzene rings is 1. The first-order valence-electron chi connectivity index (χ1n) is 11.8. The van der Waals surface area contributed by atoms with Gasteiger partial charge in [0, 0.05) is 11.9 Å². The summed E-state index contributed by atoms with van der Waals surface area (Å²) < 4.78 is 52.4. The third-order valence-corrected chi connectivity index (χ3v) is 6.91. The number of carbonyl (C=O) groups excluding carboxylic acids is 1. The minimum atomic E-state index is -4.48. The molecule has 1 aromatic heterocycles. The molecule has 4 atom stereocenters. The Morgan fingerprint density at radius 1 is 1.12 bits per heavy atom. The first-order chi connectivity index (χ1) is 16.4. The van der Waals surface area contributed by atoms with Crippen molar-refractivity contribution in [2.24, 2.45) is 5.92 Å². The van der Waals surface area contributed by atoms with Gasteiger partial charge in [0.1, 0.15) is 18.2 Å². The molecule has 0 radical (unpaired) electrons. The zero-order valence-corrected chi connectivity index (χ0v) is 18.6. The van der Waals surface area contributed by atoms with Crippen LogP contribution in [0.1, 0.15) is 49.4 Å². The van der Waals surface area contributed by atoms with Crippen LogP contribution >= 0.6 is 0 Å². The molecule has 3 fully saturated rings. The Labute approximate surface area is 195 Å². The minimum absolute atomic E-state index is 0.0566. The van der Waals surface area contributed by atoms with Crippen molar-refractivity contribution in [2.45, 2.75) is 69.0 Å². The lowest BCUT2D eigenvalue weighted by atomic mass is 9.86. The smallest absolute Gasteiger partial charge is 0.371 e. The van der Waals surface area contributed by atoms with Crippen molar-refractivity contribution >= 4 is 11.7 Å². The Bertz CT molecular complexity index is 1010. The quantitative estimate of drug-likeness (QED) is 0.678. The number of ether oxygens (including phenoxy) is 2. The molecule has 2 N–H and O–H groups in total. The number of hydrogen-bond acceptors (Lipinski definition) is 5. The number of aromatic nitrogens is 3. The molecule has 1 saturated carbocycles. The van der Waals surface area contributed by atoms with E-state index >= 15 is 0 Å². The van der Waals surface area contributed by atoms with Crippen molar-refractivity contribution in [2.75, 3.05) is 18.5 Å². The van der Waals surface area contributed by atoms with E-state index in [0.29, 0.717) is 12.5 Å². The molecule has 11 heteroatoms. The van der Waals surface area contributed by atoms with Crippen LogP contribution < -0.4 is 10.6 Å². The average Bonchev–Trinajstić information content (AvgIpc) is 3.52. The Balaban J connectivity index is 1.16. The second-order valence-corrected chi connectivity index (χ2v) is 9.34. The Morgan fingerprint density at radius 3 is 2.71 bits per heavy atom. The molecule has 5 rings (SSSR count). The van der Waals surface area contributed by atoms with Crippen LogP contribution in [0.25, 0.3) is 0 Å². The number of nitrogens with one attached hydrogen (secondary N) is 2. The van der Waals surface area contributed by atoms with Crippen LogP contribution in [0.4, 0.5) is 23.7 Å². The fourth-order valence-electron chi connectivity index (χ4n) is 5.19. The number of hydrogen-bond donors (Lipinski definition) is 2. The van der Waals surface area contributed by atoms with Gasteiger partial charge in [0.2, 0.25) is 0 Å². The van der Waals surface area contributed by atoms with E-state index in [1.54, 1.807) is 4.68 Å². The summed E-state index contributed by atoms with van der Waals surface area (Å²) in [6.45, 7) is 0.625. The molecule has 2 saturated heterocycles. The first-order valence-corrected chi connectivity index (χ1v) is 11.8. The maximum Gasteiger partial charge on any atom is 0.416 e. The van der Waals surface area contributed by atoms with Gasteiger partial charge in [-0.1, -0.05) is 43.4 Å². The summed E-state index contributed by atoms with van der Waals surface area (Å²) in [5.74, 6) is 0.665. The lowest BCUT2D eigenvalue weighted by molar-refractivity contribution is -0.137. The molecule has 1 aromatic carbocycles. The van der Waals surface area contributed by atoms with Gasteiger partial charge in [-0.2, -0.15) is 13.2 Å². The van der Waals surface area contributed by atoms with E-state index in [2.05, 4.69) is 20.9 Å². The molecule has 4 unspecified atom stereocenters. The van der Waals surface area contributed by atoms with Gasteiger partial charge in [-0.15, -0.1) is 5.10 Å². The van der Waals surface area contributed by atoms with Crippen molar-refractivity contribution in [1.29, 1.82) is 0 Å². The van der Waals surface area contributed by atoms with Crippen LogP contribution in [0.3, 0.4) is 0 Å². The molecule has 2 aliphatic heterocycles. The SMILES string of the molecule is O=C(Nc1cccc(C(F)(F)F)c1)NC1COC2C1OCC2n1cc(CC2CCCCC2)nn1. The molecule has 2 aromatic rings. The van der Waals surface area contributed by atoms with Crippen LogP contribution in [0.5, 0.6) is 0 Å². The molecule has 3 aliphatic rings. The van der Waals surface area contributed by atoms with Gasteiger partial charge in [0.05, 0.1) is 30.5 Å². The van der Waals surface area contributed by atoms with Gasteiger partial charge in [-0.3, -0.25) is 0 Å². The Hall–Kier alpha value is -2.66. The maximum absolute atomic E-state index is 12.9. The summed E-state index contributed by atoms with van der Waals surface area (Å²) in [4.78, 5) is 12.4.